The topological polar surface area (TPSA) is 85.1 Å². The second-order valence-corrected chi connectivity index (χ2v) is 5.02. The van der Waals surface area contributed by atoms with E-state index in [-0.39, 0.29) is 5.75 Å². The van der Waals surface area contributed by atoms with Crippen LogP contribution in [-0.4, -0.2) is 19.2 Å². The van der Waals surface area contributed by atoms with Crippen LogP contribution in [0.5, 0.6) is 0 Å². The summed E-state index contributed by atoms with van der Waals surface area (Å²) in [6, 6.07) is 3.35. The number of hydrogen-bond donors (Lipinski definition) is 2. The number of anilines is 1. The highest BCUT2D eigenvalue weighted by molar-refractivity contribution is 7.92. The normalized spacial score (nSPS) is 11.3. The minimum absolute atomic E-state index is 0.104. The van der Waals surface area contributed by atoms with Gasteiger partial charge in [0.25, 0.3) is 0 Å². The van der Waals surface area contributed by atoms with Crippen LogP contribution in [0.25, 0.3) is 0 Å². The molecule has 1 aromatic heterocycles. The summed E-state index contributed by atoms with van der Waals surface area (Å²) in [4.78, 5) is 3.95. The Morgan fingerprint density at radius 3 is 2.67 bits per heavy atom. The lowest BCUT2D eigenvalue weighted by Gasteiger charge is -2.06. The highest BCUT2D eigenvalue weighted by atomic mass is 32.2. The summed E-state index contributed by atoms with van der Waals surface area (Å²) in [5.74, 6) is 0.438. The van der Waals surface area contributed by atoms with Gasteiger partial charge < -0.3 is 5.73 Å². The van der Waals surface area contributed by atoms with Crippen LogP contribution in [-0.2, 0) is 16.6 Å². The zero-order chi connectivity index (χ0) is 11.3. The SMILES string of the molecule is CCCS(=O)(=O)Nc1ccc(CN)cn1. The molecular weight excluding hydrogens is 214 g/mol. The first-order chi connectivity index (χ1) is 7.07. The first kappa shape index (κ1) is 11.9. The number of nitrogens with zero attached hydrogens (tertiary/aromatic N) is 1. The molecule has 0 saturated heterocycles. The molecule has 0 unspecified atom stereocenters. The van der Waals surface area contributed by atoms with Gasteiger partial charge in [0.05, 0.1) is 5.75 Å². The van der Waals surface area contributed by atoms with Crippen molar-refractivity contribution in [1.82, 2.24) is 4.98 Å². The maximum atomic E-state index is 11.4. The number of pyridine rings is 1. The molecule has 6 heteroatoms. The van der Waals surface area contributed by atoms with Crippen molar-refractivity contribution in [1.29, 1.82) is 0 Å². The van der Waals surface area contributed by atoms with Crippen molar-refractivity contribution in [2.45, 2.75) is 19.9 Å². The van der Waals surface area contributed by atoms with Crippen LogP contribution in [0, 0.1) is 0 Å². The lowest BCUT2D eigenvalue weighted by atomic mass is 10.3. The van der Waals surface area contributed by atoms with Gasteiger partial charge in [0, 0.05) is 12.7 Å². The Labute approximate surface area is 89.8 Å². The van der Waals surface area contributed by atoms with Crippen LogP contribution in [0.2, 0.25) is 0 Å². The molecule has 0 radical (unpaired) electrons. The molecule has 0 atom stereocenters. The standard InChI is InChI=1S/C9H15N3O2S/c1-2-5-15(13,14)12-9-4-3-8(6-10)7-11-9/h3-4,7H,2,5-6,10H2,1H3,(H,11,12). The first-order valence-electron chi connectivity index (χ1n) is 4.73. The lowest BCUT2D eigenvalue weighted by Crippen LogP contribution is -2.16. The molecule has 0 aromatic carbocycles. The minimum atomic E-state index is -3.25. The number of nitrogens with one attached hydrogen (secondary N) is 1. The Morgan fingerprint density at radius 1 is 1.47 bits per heavy atom. The van der Waals surface area contributed by atoms with Gasteiger partial charge in [0.2, 0.25) is 10.0 Å². The number of rotatable bonds is 5. The Hall–Kier alpha value is -1.14. The van der Waals surface area contributed by atoms with E-state index in [1.807, 2.05) is 6.92 Å². The zero-order valence-corrected chi connectivity index (χ0v) is 9.42. The van der Waals surface area contributed by atoms with E-state index in [9.17, 15) is 8.42 Å². The quantitative estimate of drug-likeness (QED) is 0.778. The van der Waals surface area contributed by atoms with E-state index in [2.05, 4.69) is 9.71 Å². The van der Waals surface area contributed by atoms with Crippen LogP contribution >= 0.6 is 0 Å². The summed E-state index contributed by atoms with van der Waals surface area (Å²) in [7, 11) is -3.25. The fraction of sp³-hybridized carbons (Fsp3) is 0.444. The minimum Gasteiger partial charge on any atom is -0.326 e. The summed E-state index contributed by atoms with van der Waals surface area (Å²) in [6.45, 7) is 2.21. The lowest BCUT2D eigenvalue weighted by molar-refractivity contribution is 0.599. The van der Waals surface area contributed by atoms with Gasteiger partial charge in [0.15, 0.2) is 0 Å². The van der Waals surface area contributed by atoms with Gasteiger partial charge in [0.1, 0.15) is 5.82 Å². The average Bonchev–Trinajstić information content (AvgIpc) is 2.18. The van der Waals surface area contributed by atoms with E-state index in [0.29, 0.717) is 18.8 Å². The summed E-state index contributed by atoms with van der Waals surface area (Å²) < 4.78 is 25.1. The van der Waals surface area contributed by atoms with E-state index < -0.39 is 10.0 Å². The van der Waals surface area contributed by atoms with E-state index in [0.717, 1.165) is 5.56 Å². The molecule has 84 valence electrons. The average molecular weight is 229 g/mol. The van der Waals surface area contributed by atoms with Gasteiger partial charge in [-0.25, -0.2) is 13.4 Å². The molecule has 1 aromatic rings. The zero-order valence-electron chi connectivity index (χ0n) is 8.60. The van der Waals surface area contributed by atoms with E-state index in [4.69, 9.17) is 5.73 Å². The summed E-state index contributed by atoms with van der Waals surface area (Å²) in [6.07, 6.45) is 2.14. The fourth-order valence-electron chi connectivity index (χ4n) is 1.08. The Morgan fingerprint density at radius 2 is 2.20 bits per heavy atom. The Balaban J connectivity index is 2.73. The summed E-state index contributed by atoms with van der Waals surface area (Å²) in [5, 5.41) is 0. The number of sulfonamides is 1. The van der Waals surface area contributed by atoms with Gasteiger partial charge in [-0.2, -0.15) is 0 Å². The van der Waals surface area contributed by atoms with Crippen molar-refractivity contribution in [2.24, 2.45) is 5.73 Å². The van der Waals surface area contributed by atoms with E-state index >= 15 is 0 Å². The van der Waals surface area contributed by atoms with Crippen LogP contribution < -0.4 is 10.5 Å². The molecule has 1 heterocycles. The van der Waals surface area contributed by atoms with Gasteiger partial charge in [-0.15, -0.1) is 0 Å². The van der Waals surface area contributed by atoms with Gasteiger partial charge in [-0.1, -0.05) is 13.0 Å². The summed E-state index contributed by atoms with van der Waals surface area (Å²) >= 11 is 0. The summed E-state index contributed by atoms with van der Waals surface area (Å²) in [5.41, 5.74) is 6.27. The van der Waals surface area contributed by atoms with Crippen molar-refractivity contribution in [3.8, 4) is 0 Å². The Kier molecular flexibility index (Phi) is 4.05. The molecule has 0 bridgehead atoms. The van der Waals surface area contributed by atoms with Crippen molar-refractivity contribution < 1.29 is 8.42 Å². The maximum absolute atomic E-state index is 11.4. The van der Waals surface area contributed by atoms with Gasteiger partial charge in [-0.3, -0.25) is 4.72 Å². The second kappa shape index (κ2) is 5.09. The largest absolute Gasteiger partial charge is 0.326 e. The molecular formula is C9H15N3O2S. The molecule has 0 aliphatic heterocycles. The van der Waals surface area contributed by atoms with Gasteiger partial charge >= 0.3 is 0 Å². The maximum Gasteiger partial charge on any atom is 0.233 e. The number of aromatic nitrogens is 1. The molecule has 0 saturated carbocycles. The monoisotopic (exact) mass is 229 g/mol. The molecule has 5 nitrogen and oxygen atoms in total. The molecule has 0 spiro atoms. The highest BCUT2D eigenvalue weighted by Crippen LogP contribution is 2.07. The smallest absolute Gasteiger partial charge is 0.233 e. The fourth-order valence-corrected chi connectivity index (χ4v) is 2.16. The van der Waals surface area contributed by atoms with E-state index in [1.165, 1.54) is 0 Å². The molecule has 1 rings (SSSR count). The molecule has 0 amide bonds. The first-order valence-corrected chi connectivity index (χ1v) is 6.38. The molecule has 0 aliphatic carbocycles. The third-order valence-electron chi connectivity index (χ3n) is 1.79. The van der Waals surface area contributed by atoms with Crippen LogP contribution in [0.15, 0.2) is 18.3 Å². The molecule has 0 aliphatic rings. The van der Waals surface area contributed by atoms with Gasteiger partial charge in [-0.05, 0) is 18.1 Å². The van der Waals surface area contributed by atoms with Crippen molar-refractivity contribution >= 4 is 15.8 Å². The predicted molar refractivity (Wildman–Crippen MR) is 59.8 cm³/mol. The van der Waals surface area contributed by atoms with Crippen molar-refractivity contribution in [3.63, 3.8) is 0 Å². The molecule has 15 heavy (non-hydrogen) atoms. The van der Waals surface area contributed by atoms with Crippen molar-refractivity contribution in [2.75, 3.05) is 10.5 Å². The van der Waals surface area contributed by atoms with Crippen LogP contribution in [0.4, 0.5) is 5.82 Å². The predicted octanol–water partition coefficient (Wildman–Crippen LogP) is 0.692. The molecule has 3 N–H and O–H groups in total. The number of nitrogens with two attached hydrogens (primary N) is 1. The van der Waals surface area contributed by atoms with Crippen molar-refractivity contribution in [3.05, 3.63) is 23.9 Å². The van der Waals surface area contributed by atoms with Crippen LogP contribution in [0.3, 0.4) is 0 Å². The second-order valence-electron chi connectivity index (χ2n) is 3.18. The number of hydrogen-bond acceptors (Lipinski definition) is 4. The van der Waals surface area contributed by atoms with Crippen LogP contribution in [0.1, 0.15) is 18.9 Å². The highest BCUT2D eigenvalue weighted by Gasteiger charge is 2.08. The van der Waals surface area contributed by atoms with E-state index in [1.54, 1.807) is 18.3 Å². The third-order valence-corrected chi connectivity index (χ3v) is 3.26. The molecule has 0 fully saturated rings. The third kappa shape index (κ3) is 3.85. The Bertz CT molecular complexity index is 400.